The van der Waals surface area contributed by atoms with Gasteiger partial charge >= 0.3 is 5.97 Å². The summed E-state index contributed by atoms with van der Waals surface area (Å²) in [4.78, 5) is 40.7. The Labute approximate surface area is 228 Å². The average molecular weight is 548 g/mol. The van der Waals surface area contributed by atoms with Gasteiger partial charge in [-0.3, -0.25) is 19.3 Å². The van der Waals surface area contributed by atoms with E-state index in [1.807, 2.05) is 12.1 Å². The molecule has 7 nitrogen and oxygen atoms in total. The third-order valence-corrected chi connectivity index (χ3v) is 8.51. The minimum absolute atomic E-state index is 0.0186. The fourth-order valence-electron chi connectivity index (χ4n) is 5.00. The zero-order valence-corrected chi connectivity index (χ0v) is 23.5. The Morgan fingerprint density at radius 3 is 2.38 bits per heavy atom. The third-order valence-electron chi connectivity index (χ3n) is 7.19. The van der Waals surface area contributed by atoms with E-state index in [0.717, 1.165) is 31.2 Å². The number of halogens is 1. The number of carbonyl (C=O) groups is 3. The van der Waals surface area contributed by atoms with E-state index < -0.39 is 0 Å². The van der Waals surface area contributed by atoms with E-state index in [9.17, 15) is 14.4 Å². The summed E-state index contributed by atoms with van der Waals surface area (Å²) in [6, 6.07) is 11.7. The maximum absolute atomic E-state index is 13.1. The molecule has 2 N–H and O–H groups in total. The molecular weight excluding hydrogens is 510 g/mol. The van der Waals surface area contributed by atoms with Crippen LogP contribution in [-0.4, -0.2) is 56.0 Å². The highest BCUT2D eigenvalue weighted by Gasteiger charge is 2.40. The predicted octanol–water partition coefficient (Wildman–Crippen LogP) is 4.85. The quantitative estimate of drug-likeness (QED) is 0.293. The molecule has 1 atom stereocenters. The van der Waals surface area contributed by atoms with Gasteiger partial charge in [-0.1, -0.05) is 36.7 Å². The van der Waals surface area contributed by atoms with Crippen LogP contribution in [0.25, 0.3) is 0 Å². The summed E-state index contributed by atoms with van der Waals surface area (Å²) in [5, 5.41) is 8.74. The van der Waals surface area contributed by atoms with Crippen molar-refractivity contribution in [3.05, 3.63) is 57.2 Å². The van der Waals surface area contributed by atoms with Crippen molar-refractivity contribution < 1.29 is 19.1 Å². The fraction of sp³-hybridized carbons (Fsp3) is 0.536. The highest BCUT2D eigenvalue weighted by molar-refractivity contribution is 7.10. The second-order valence-corrected chi connectivity index (χ2v) is 11.2. The number of benzene rings is 1. The normalized spacial score (nSPS) is 20.3. The SMILES string of the molecule is CCC(=O)OCCNC(=O)CC(CC(=O)NC1CCC(c2cccs2)(N(C)C)CC1)c1ccc(Cl)cc1. The largest absolute Gasteiger partial charge is 0.464 e. The Bertz CT molecular complexity index is 1020. The minimum atomic E-state index is -0.300. The van der Waals surface area contributed by atoms with Crippen LogP contribution in [0.3, 0.4) is 0 Å². The molecule has 0 spiro atoms. The molecule has 1 fully saturated rings. The number of thiophene rings is 1. The van der Waals surface area contributed by atoms with E-state index in [2.05, 4.69) is 47.1 Å². The van der Waals surface area contributed by atoms with Gasteiger partial charge in [-0.25, -0.2) is 0 Å². The van der Waals surface area contributed by atoms with Crippen molar-refractivity contribution in [2.45, 2.75) is 69.4 Å². The Morgan fingerprint density at radius 2 is 1.78 bits per heavy atom. The maximum atomic E-state index is 13.1. The highest BCUT2D eigenvalue weighted by Crippen LogP contribution is 2.43. The molecule has 0 aliphatic heterocycles. The molecule has 0 radical (unpaired) electrons. The van der Waals surface area contributed by atoms with E-state index in [0.29, 0.717) is 11.4 Å². The second-order valence-electron chi connectivity index (χ2n) is 9.83. The Hall–Kier alpha value is -2.42. The lowest BCUT2D eigenvalue weighted by Crippen LogP contribution is -2.48. The number of nitrogens with one attached hydrogen (secondary N) is 2. The first-order valence-electron chi connectivity index (χ1n) is 12.9. The molecule has 1 aromatic carbocycles. The van der Waals surface area contributed by atoms with Gasteiger partial charge < -0.3 is 15.4 Å². The lowest BCUT2D eigenvalue weighted by Gasteiger charge is -2.44. The summed E-state index contributed by atoms with van der Waals surface area (Å²) in [7, 11) is 4.27. The molecule has 0 bridgehead atoms. The van der Waals surface area contributed by atoms with Crippen LogP contribution in [0.1, 0.15) is 68.2 Å². The smallest absolute Gasteiger partial charge is 0.305 e. The number of ether oxygens (including phenoxy) is 1. The molecule has 3 rings (SSSR count). The second kappa shape index (κ2) is 13.9. The van der Waals surface area contributed by atoms with Gasteiger partial charge in [0.1, 0.15) is 6.61 Å². The minimum Gasteiger partial charge on any atom is -0.464 e. The lowest BCUT2D eigenvalue weighted by molar-refractivity contribution is -0.143. The number of esters is 1. The summed E-state index contributed by atoms with van der Waals surface area (Å²) in [6.07, 6.45) is 4.44. The molecule has 1 saturated carbocycles. The predicted molar refractivity (Wildman–Crippen MR) is 148 cm³/mol. The molecule has 2 amide bonds. The van der Waals surface area contributed by atoms with Crippen LogP contribution < -0.4 is 10.6 Å². The first-order chi connectivity index (χ1) is 17.7. The zero-order chi connectivity index (χ0) is 26.8. The van der Waals surface area contributed by atoms with Crippen LogP contribution in [0, 0.1) is 0 Å². The first-order valence-corrected chi connectivity index (χ1v) is 14.2. The molecule has 2 aromatic rings. The van der Waals surface area contributed by atoms with Crippen LogP contribution in [0.4, 0.5) is 0 Å². The zero-order valence-electron chi connectivity index (χ0n) is 21.9. The van der Waals surface area contributed by atoms with Gasteiger partial charge in [0, 0.05) is 41.1 Å². The lowest BCUT2D eigenvalue weighted by atomic mass is 9.77. The fourth-order valence-corrected chi connectivity index (χ4v) is 6.20. The van der Waals surface area contributed by atoms with E-state index in [1.54, 1.807) is 30.4 Å². The van der Waals surface area contributed by atoms with Gasteiger partial charge in [-0.15, -0.1) is 11.3 Å². The Kier molecular flexibility index (Phi) is 11.0. The summed E-state index contributed by atoms with van der Waals surface area (Å²) in [5.74, 6) is -0.829. The number of rotatable bonds is 12. The number of hydrogen-bond donors (Lipinski definition) is 2. The number of hydrogen-bond acceptors (Lipinski definition) is 6. The van der Waals surface area contributed by atoms with Crippen LogP contribution in [0.5, 0.6) is 0 Å². The van der Waals surface area contributed by atoms with Crippen molar-refractivity contribution >= 4 is 40.7 Å². The standard InChI is InChI=1S/C28H38ClN3O4S/c1-4-27(35)36-16-15-30-25(33)18-21(20-7-9-22(29)10-8-20)19-26(34)31-23-11-13-28(14-12-23,32(2)3)24-6-5-17-37-24/h5-10,17,21,23H,4,11-16,18-19H2,1-3H3,(H,30,33)(H,31,34). The van der Waals surface area contributed by atoms with Crippen molar-refractivity contribution in [3.8, 4) is 0 Å². The van der Waals surface area contributed by atoms with E-state index >= 15 is 0 Å². The van der Waals surface area contributed by atoms with Gasteiger partial charge in [0.15, 0.2) is 0 Å². The molecule has 9 heteroatoms. The number of carbonyl (C=O) groups excluding carboxylic acids is 3. The van der Waals surface area contributed by atoms with E-state index in [1.165, 1.54) is 4.88 Å². The summed E-state index contributed by atoms with van der Waals surface area (Å²) in [6.45, 7) is 2.09. The van der Waals surface area contributed by atoms with Gasteiger partial charge in [0.25, 0.3) is 0 Å². The van der Waals surface area contributed by atoms with Crippen LogP contribution >= 0.6 is 22.9 Å². The summed E-state index contributed by atoms with van der Waals surface area (Å²) in [5.41, 5.74) is 0.908. The highest BCUT2D eigenvalue weighted by atomic mass is 35.5. The summed E-state index contributed by atoms with van der Waals surface area (Å²) < 4.78 is 5.01. The third kappa shape index (κ3) is 8.28. The van der Waals surface area contributed by atoms with Crippen LogP contribution in [0.2, 0.25) is 5.02 Å². The molecule has 1 aliphatic carbocycles. The van der Waals surface area contributed by atoms with Crippen molar-refractivity contribution in [2.75, 3.05) is 27.2 Å². The first kappa shape index (κ1) is 29.1. The molecular formula is C28H38ClN3O4S. The molecule has 1 aliphatic rings. The van der Waals surface area contributed by atoms with Gasteiger partial charge in [-0.2, -0.15) is 0 Å². The maximum Gasteiger partial charge on any atom is 0.305 e. The van der Waals surface area contributed by atoms with E-state index in [-0.39, 0.29) is 61.3 Å². The van der Waals surface area contributed by atoms with E-state index in [4.69, 9.17) is 16.3 Å². The van der Waals surface area contributed by atoms with Crippen molar-refractivity contribution in [3.63, 3.8) is 0 Å². The average Bonchev–Trinajstić information content (AvgIpc) is 3.42. The van der Waals surface area contributed by atoms with Gasteiger partial charge in [0.2, 0.25) is 11.8 Å². The van der Waals surface area contributed by atoms with Crippen molar-refractivity contribution in [1.29, 1.82) is 0 Å². The Balaban J connectivity index is 1.56. The number of amides is 2. The molecule has 202 valence electrons. The van der Waals surface area contributed by atoms with Crippen LogP contribution in [0.15, 0.2) is 41.8 Å². The topological polar surface area (TPSA) is 87.7 Å². The molecule has 0 saturated heterocycles. The molecule has 1 heterocycles. The summed E-state index contributed by atoms with van der Waals surface area (Å²) >= 11 is 7.85. The molecule has 1 unspecified atom stereocenters. The van der Waals surface area contributed by atoms with Crippen LogP contribution in [-0.2, 0) is 24.7 Å². The monoisotopic (exact) mass is 547 g/mol. The molecule has 37 heavy (non-hydrogen) atoms. The van der Waals surface area contributed by atoms with Gasteiger partial charge in [0.05, 0.1) is 12.1 Å². The van der Waals surface area contributed by atoms with Crippen molar-refractivity contribution in [2.24, 2.45) is 0 Å². The number of nitrogens with zero attached hydrogens (tertiary/aromatic N) is 1. The van der Waals surface area contributed by atoms with Gasteiger partial charge in [-0.05, 0) is 68.9 Å². The molecule has 1 aromatic heterocycles. The van der Waals surface area contributed by atoms with Crippen molar-refractivity contribution in [1.82, 2.24) is 15.5 Å². The Morgan fingerprint density at radius 1 is 1.11 bits per heavy atom.